The average Bonchev–Trinajstić information content (AvgIpc) is 2.47. The Kier molecular flexibility index (Phi) is 9.32. The van der Waals surface area contributed by atoms with Crippen molar-refractivity contribution in [1.29, 1.82) is 0 Å². The van der Waals surface area contributed by atoms with Gasteiger partial charge in [-0.2, -0.15) is 5.10 Å². The second kappa shape index (κ2) is 9.82. The molecule has 1 aromatic rings. The summed E-state index contributed by atoms with van der Waals surface area (Å²) < 4.78 is 0. The summed E-state index contributed by atoms with van der Waals surface area (Å²) in [6.45, 7) is 5.32. The number of amides is 1. The predicted molar refractivity (Wildman–Crippen MR) is 92.6 cm³/mol. The topological polar surface area (TPSA) is 84.1 Å². The first-order chi connectivity index (χ1) is 9.58. The van der Waals surface area contributed by atoms with E-state index < -0.39 is 0 Å². The molecule has 1 fully saturated rings. The zero-order chi connectivity index (χ0) is 14.5. The third-order valence-electron chi connectivity index (χ3n) is 3.91. The molecule has 1 aromatic heterocycles. The Labute approximate surface area is 144 Å². The van der Waals surface area contributed by atoms with E-state index >= 15 is 0 Å². The monoisotopic (exact) mass is 349 g/mol. The van der Waals surface area contributed by atoms with E-state index in [2.05, 4.69) is 15.5 Å². The van der Waals surface area contributed by atoms with Crippen LogP contribution in [0.2, 0.25) is 0 Å². The minimum Gasteiger partial charge on any atom is -0.366 e. The lowest BCUT2D eigenvalue weighted by Gasteiger charge is -2.34. The molecule has 1 saturated heterocycles. The zero-order valence-corrected chi connectivity index (χ0v) is 14.6. The lowest BCUT2D eigenvalue weighted by Crippen LogP contribution is -2.47. The standard InChI is InChI=1S/C14H23N5O.2ClH/c1-10(11(2)15)14(20)19-8-5-12(6-9-19)17-13-4-3-7-16-18-13;;/h3-4,7,10-12H,5-6,8-9,15H2,1-2H3,(H,17,18);2*1H. The molecule has 0 spiro atoms. The van der Waals surface area contributed by atoms with Gasteiger partial charge in [-0.05, 0) is 31.9 Å². The summed E-state index contributed by atoms with van der Waals surface area (Å²) in [6.07, 6.45) is 3.50. The predicted octanol–water partition coefficient (Wildman–Crippen LogP) is 1.71. The van der Waals surface area contributed by atoms with E-state index in [1.165, 1.54) is 0 Å². The highest BCUT2D eigenvalue weighted by Gasteiger charge is 2.27. The number of nitrogens with two attached hydrogens (primary N) is 1. The van der Waals surface area contributed by atoms with Crippen LogP contribution in [-0.4, -0.2) is 46.2 Å². The first-order valence-corrected chi connectivity index (χ1v) is 7.16. The molecule has 126 valence electrons. The van der Waals surface area contributed by atoms with Gasteiger partial charge in [-0.15, -0.1) is 29.9 Å². The van der Waals surface area contributed by atoms with Crippen LogP contribution in [0.15, 0.2) is 18.3 Å². The van der Waals surface area contributed by atoms with Gasteiger partial charge in [0.05, 0.1) is 5.92 Å². The highest BCUT2D eigenvalue weighted by atomic mass is 35.5. The van der Waals surface area contributed by atoms with Gasteiger partial charge < -0.3 is 16.0 Å². The van der Waals surface area contributed by atoms with Crippen LogP contribution < -0.4 is 11.1 Å². The maximum atomic E-state index is 12.2. The van der Waals surface area contributed by atoms with E-state index in [9.17, 15) is 4.79 Å². The van der Waals surface area contributed by atoms with Crippen LogP contribution in [-0.2, 0) is 4.79 Å². The summed E-state index contributed by atoms with van der Waals surface area (Å²) in [5.41, 5.74) is 5.80. The number of nitrogens with one attached hydrogen (secondary N) is 1. The molecule has 2 heterocycles. The van der Waals surface area contributed by atoms with Gasteiger partial charge in [0.15, 0.2) is 0 Å². The van der Waals surface area contributed by atoms with Gasteiger partial charge in [0, 0.05) is 31.4 Å². The summed E-state index contributed by atoms with van der Waals surface area (Å²) in [7, 11) is 0. The van der Waals surface area contributed by atoms with Crippen LogP contribution >= 0.6 is 24.8 Å². The molecule has 0 aromatic carbocycles. The lowest BCUT2D eigenvalue weighted by atomic mass is 9.99. The fourth-order valence-corrected chi connectivity index (χ4v) is 2.34. The van der Waals surface area contributed by atoms with Crippen molar-refractivity contribution in [1.82, 2.24) is 15.1 Å². The number of hydrogen-bond donors (Lipinski definition) is 2. The van der Waals surface area contributed by atoms with Crippen LogP contribution in [0.1, 0.15) is 26.7 Å². The van der Waals surface area contributed by atoms with E-state index in [1.54, 1.807) is 6.20 Å². The van der Waals surface area contributed by atoms with Gasteiger partial charge in [0.25, 0.3) is 0 Å². The quantitative estimate of drug-likeness (QED) is 0.864. The van der Waals surface area contributed by atoms with Gasteiger partial charge in [0.1, 0.15) is 5.82 Å². The zero-order valence-electron chi connectivity index (χ0n) is 12.9. The van der Waals surface area contributed by atoms with E-state index in [0.29, 0.717) is 6.04 Å². The highest BCUT2D eigenvalue weighted by Crippen LogP contribution is 2.17. The third kappa shape index (κ3) is 5.59. The van der Waals surface area contributed by atoms with Crippen LogP contribution in [0.5, 0.6) is 0 Å². The molecule has 0 radical (unpaired) electrons. The first-order valence-electron chi connectivity index (χ1n) is 7.16. The smallest absolute Gasteiger partial charge is 0.226 e. The van der Waals surface area contributed by atoms with Crippen LogP contribution in [0.3, 0.4) is 0 Å². The van der Waals surface area contributed by atoms with Gasteiger partial charge >= 0.3 is 0 Å². The van der Waals surface area contributed by atoms with Crippen LogP contribution in [0.25, 0.3) is 0 Å². The maximum Gasteiger partial charge on any atom is 0.226 e. The summed E-state index contributed by atoms with van der Waals surface area (Å²) in [5, 5.41) is 11.2. The molecule has 22 heavy (non-hydrogen) atoms. The van der Waals surface area contributed by atoms with Crippen molar-refractivity contribution in [2.75, 3.05) is 18.4 Å². The number of halogens is 2. The third-order valence-corrected chi connectivity index (χ3v) is 3.91. The number of piperidine rings is 1. The number of rotatable bonds is 4. The molecule has 2 atom stereocenters. The van der Waals surface area contributed by atoms with Crippen LogP contribution in [0, 0.1) is 5.92 Å². The Balaban J connectivity index is 0.00000220. The number of anilines is 1. The SMILES string of the molecule is CC(N)C(C)C(=O)N1CCC(Nc2cccnn2)CC1.Cl.Cl. The summed E-state index contributed by atoms with van der Waals surface area (Å²) >= 11 is 0. The summed E-state index contributed by atoms with van der Waals surface area (Å²) in [4.78, 5) is 14.1. The molecule has 0 saturated carbocycles. The minimum absolute atomic E-state index is 0. The Hall–Kier alpha value is -1.11. The van der Waals surface area contributed by atoms with Crippen LogP contribution in [0.4, 0.5) is 5.82 Å². The van der Waals surface area contributed by atoms with E-state index in [1.807, 2.05) is 30.9 Å². The Morgan fingerprint density at radius 2 is 2.00 bits per heavy atom. The largest absolute Gasteiger partial charge is 0.366 e. The molecule has 1 amide bonds. The minimum atomic E-state index is -0.112. The number of likely N-dealkylation sites (tertiary alicyclic amines) is 1. The van der Waals surface area contributed by atoms with Gasteiger partial charge in [-0.3, -0.25) is 4.79 Å². The van der Waals surface area contributed by atoms with Crippen molar-refractivity contribution in [3.8, 4) is 0 Å². The molecule has 6 nitrogen and oxygen atoms in total. The normalized spacial score (nSPS) is 17.7. The van der Waals surface area contributed by atoms with Gasteiger partial charge in [-0.1, -0.05) is 6.92 Å². The maximum absolute atomic E-state index is 12.2. The van der Waals surface area contributed by atoms with E-state index in [4.69, 9.17) is 5.73 Å². The Morgan fingerprint density at radius 1 is 1.36 bits per heavy atom. The lowest BCUT2D eigenvalue weighted by molar-refractivity contribution is -0.136. The van der Waals surface area contributed by atoms with Crippen molar-refractivity contribution in [3.05, 3.63) is 18.3 Å². The molecular formula is C14H25Cl2N5O. The Bertz CT molecular complexity index is 438. The first kappa shape index (κ1) is 20.9. The second-order valence-electron chi connectivity index (χ2n) is 5.50. The number of aromatic nitrogens is 2. The van der Waals surface area contributed by atoms with Crippen molar-refractivity contribution in [2.45, 2.75) is 38.8 Å². The molecule has 8 heteroatoms. The van der Waals surface area contributed by atoms with Crippen molar-refractivity contribution in [3.63, 3.8) is 0 Å². The molecule has 1 aliphatic rings. The van der Waals surface area contributed by atoms with Crippen molar-refractivity contribution < 1.29 is 4.79 Å². The molecule has 0 bridgehead atoms. The molecule has 0 aliphatic carbocycles. The number of hydrogen-bond acceptors (Lipinski definition) is 5. The number of nitrogens with zero attached hydrogens (tertiary/aromatic N) is 3. The number of carbonyl (C=O) groups is 1. The molecular weight excluding hydrogens is 325 g/mol. The number of carbonyl (C=O) groups excluding carboxylic acids is 1. The Morgan fingerprint density at radius 3 is 2.50 bits per heavy atom. The van der Waals surface area contributed by atoms with Gasteiger partial charge in [-0.25, -0.2) is 0 Å². The van der Waals surface area contributed by atoms with Crippen molar-refractivity contribution >= 4 is 36.5 Å². The van der Waals surface area contributed by atoms with Gasteiger partial charge in [0.2, 0.25) is 5.91 Å². The molecule has 2 unspecified atom stereocenters. The van der Waals surface area contributed by atoms with E-state index in [0.717, 1.165) is 31.7 Å². The van der Waals surface area contributed by atoms with Crippen molar-refractivity contribution in [2.24, 2.45) is 11.7 Å². The molecule has 3 N–H and O–H groups in total. The highest BCUT2D eigenvalue weighted by molar-refractivity contribution is 5.85. The summed E-state index contributed by atoms with van der Waals surface area (Å²) in [6, 6.07) is 4.01. The summed E-state index contributed by atoms with van der Waals surface area (Å²) in [5.74, 6) is 0.846. The molecule has 2 rings (SSSR count). The fourth-order valence-electron chi connectivity index (χ4n) is 2.34. The average molecular weight is 350 g/mol. The van der Waals surface area contributed by atoms with E-state index in [-0.39, 0.29) is 42.7 Å². The molecule has 1 aliphatic heterocycles. The fraction of sp³-hybridized carbons (Fsp3) is 0.643. The second-order valence-corrected chi connectivity index (χ2v) is 5.50.